The lowest BCUT2D eigenvalue weighted by atomic mass is 9.85. The molecule has 4 heterocycles. The maximum atomic E-state index is 13.6. The molecule has 28 heavy (non-hydrogen) atoms. The Labute approximate surface area is 163 Å². The molecule has 154 valence electrons. The van der Waals surface area contributed by atoms with E-state index < -0.39 is 12.5 Å². The Morgan fingerprint density at radius 2 is 2.14 bits per heavy atom. The first-order valence-corrected chi connectivity index (χ1v) is 9.97. The predicted octanol–water partition coefficient (Wildman–Crippen LogP) is 1.90. The molecule has 3 aliphatic rings. The Morgan fingerprint density at radius 1 is 1.36 bits per heavy atom. The van der Waals surface area contributed by atoms with Crippen LogP contribution in [0.15, 0.2) is 6.07 Å². The summed E-state index contributed by atoms with van der Waals surface area (Å²) in [5.41, 5.74) is 0.712. The van der Waals surface area contributed by atoms with Gasteiger partial charge in [0.1, 0.15) is 11.9 Å². The van der Waals surface area contributed by atoms with Crippen molar-refractivity contribution >= 4 is 17.6 Å². The van der Waals surface area contributed by atoms with Crippen LogP contribution in [0.5, 0.6) is 0 Å². The van der Waals surface area contributed by atoms with Gasteiger partial charge in [-0.15, -0.1) is 0 Å². The Morgan fingerprint density at radius 3 is 2.82 bits per heavy atom. The molecule has 2 saturated heterocycles. The van der Waals surface area contributed by atoms with Gasteiger partial charge >= 0.3 is 0 Å². The second-order valence-electron chi connectivity index (χ2n) is 8.37. The van der Waals surface area contributed by atoms with Gasteiger partial charge in [0.25, 0.3) is 6.43 Å². The van der Waals surface area contributed by atoms with Crippen LogP contribution in [0, 0.1) is 18.8 Å². The fourth-order valence-electron chi connectivity index (χ4n) is 4.83. The smallest absolute Gasteiger partial charge is 0.260 e. The molecule has 3 aliphatic heterocycles. The van der Waals surface area contributed by atoms with Crippen molar-refractivity contribution in [1.29, 1.82) is 0 Å². The number of likely N-dealkylation sites (tertiary alicyclic amines) is 2. The number of hydrogen-bond acceptors (Lipinski definition) is 4. The minimum Gasteiger partial charge on any atom is -0.367 e. The molecule has 7 nitrogen and oxygen atoms in total. The zero-order chi connectivity index (χ0) is 20.0. The molecule has 0 spiro atoms. The second kappa shape index (κ2) is 7.33. The number of hydrogen-bond donors (Lipinski definition) is 1. The number of carbonyl (C=O) groups excluding carboxylic acids is 2. The SMILES string of the molecule is Cc1cc2n(n1)[C@@H](C(F)F)C[C@@H]([C@@H]1CCCN(C(=O)[C@@H]3CC(=O)N(C)C3)C1)N2. The molecule has 0 radical (unpaired) electrons. The number of aryl methyl sites for hydroxylation is 1. The lowest BCUT2D eigenvalue weighted by Crippen LogP contribution is -2.49. The highest BCUT2D eigenvalue weighted by molar-refractivity contribution is 5.89. The lowest BCUT2D eigenvalue weighted by Gasteiger charge is -2.41. The molecule has 2 amide bonds. The number of fused-ring (bicyclic) bond motifs is 1. The van der Waals surface area contributed by atoms with Gasteiger partial charge in [0.15, 0.2) is 0 Å². The summed E-state index contributed by atoms with van der Waals surface area (Å²) in [6.07, 6.45) is -0.173. The number of rotatable bonds is 3. The molecule has 0 bridgehead atoms. The zero-order valence-corrected chi connectivity index (χ0v) is 16.3. The van der Waals surface area contributed by atoms with Crippen molar-refractivity contribution in [2.45, 2.75) is 51.1 Å². The number of nitrogens with zero attached hydrogens (tertiary/aromatic N) is 4. The van der Waals surface area contributed by atoms with Gasteiger partial charge in [-0.1, -0.05) is 0 Å². The Balaban J connectivity index is 1.46. The van der Waals surface area contributed by atoms with Gasteiger partial charge < -0.3 is 15.1 Å². The summed E-state index contributed by atoms with van der Waals surface area (Å²) >= 11 is 0. The van der Waals surface area contributed by atoms with Crippen molar-refractivity contribution in [1.82, 2.24) is 19.6 Å². The highest BCUT2D eigenvalue weighted by atomic mass is 19.3. The fourth-order valence-corrected chi connectivity index (χ4v) is 4.83. The normalized spacial score (nSPS) is 30.5. The van der Waals surface area contributed by atoms with E-state index in [2.05, 4.69) is 10.4 Å². The summed E-state index contributed by atoms with van der Waals surface area (Å²) in [6, 6.07) is 0.737. The largest absolute Gasteiger partial charge is 0.367 e. The van der Waals surface area contributed by atoms with Gasteiger partial charge in [-0.05, 0) is 32.1 Å². The van der Waals surface area contributed by atoms with Crippen LogP contribution in [0.2, 0.25) is 0 Å². The van der Waals surface area contributed by atoms with Crippen LogP contribution in [0.3, 0.4) is 0 Å². The highest BCUT2D eigenvalue weighted by Gasteiger charge is 2.40. The molecular formula is C19H27F2N5O2. The molecule has 2 fully saturated rings. The summed E-state index contributed by atoms with van der Waals surface area (Å²) in [5.74, 6) is 0.477. The van der Waals surface area contributed by atoms with E-state index in [9.17, 15) is 18.4 Å². The molecule has 4 rings (SSSR count). The third-order valence-electron chi connectivity index (χ3n) is 6.32. The summed E-state index contributed by atoms with van der Waals surface area (Å²) in [5, 5.41) is 7.60. The molecule has 0 aliphatic carbocycles. The Hall–Kier alpha value is -2.19. The third-order valence-corrected chi connectivity index (χ3v) is 6.32. The first-order chi connectivity index (χ1) is 13.3. The quantitative estimate of drug-likeness (QED) is 0.849. The first kappa shape index (κ1) is 19.1. The van der Waals surface area contributed by atoms with E-state index in [0.29, 0.717) is 37.6 Å². The minimum absolute atomic E-state index is 0.00395. The van der Waals surface area contributed by atoms with Crippen LogP contribution in [0.1, 0.15) is 37.4 Å². The maximum Gasteiger partial charge on any atom is 0.260 e. The average molecular weight is 395 g/mol. The molecule has 0 saturated carbocycles. The van der Waals surface area contributed by atoms with Crippen LogP contribution < -0.4 is 5.32 Å². The number of carbonyl (C=O) groups is 2. The molecule has 9 heteroatoms. The van der Waals surface area contributed by atoms with Crippen molar-refractivity contribution in [3.05, 3.63) is 11.8 Å². The number of alkyl halides is 2. The molecule has 0 unspecified atom stereocenters. The number of anilines is 1. The Kier molecular flexibility index (Phi) is 5.01. The van der Waals surface area contributed by atoms with Crippen LogP contribution in [-0.2, 0) is 9.59 Å². The summed E-state index contributed by atoms with van der Waals surface area (Å²) < 4.78 is 28.7. The van der Waals surface area contributed by atoms with Gasteiger partial charge in [0.05, 0.1) is 11.6 Å². The van der Waals surface area contributed by atoms with Crippen LogP contribution in [0.4, 0.5) is 14.6 Å². The van der Waals surface area contributed by atoms with Crippen molar-refractivity contribution in [3.8, 4) is 0 Å². The van der Waals surface area contributed by atoms with Crippen molar-refractivity contribution < 1.29 is 18.4 Å². The topological polar surface area (TPSA) is 70.5 Å². The monoisotopic (exact) mass is 395 g/mol. The average Bonchev–Trinajstić information content (AvgIpc) is 3.21. The maximum absolute atomic E-state index is 13.6. The van der Waals surface area contributed by atoms with E-state index >= 15 is 0 Å². The number of aromatic nitrogens is 2. The van der Waals surface area contributed by atoms with E-state index in [-0.39, 0.29) is 36.1 Å². The van der Waals surface area contributed by atoms with Gasteiger partial charge in [0.2, 0.25) is 11.8 Å². The van der Waals surface area contributed by atoms with Gasteiger partial charge in [-0.2, -0.15) is 5.10 Å². The lowest BCUT2D eigenvalue weighted by molar-refractivity contribution is -0.137. The van der Waals surface area contributed by atoms with Crippen LogP contribution in [-0.4, -0.2) is 70.5 Å². The van der Waals surface area contributed by atoms with Gasteiger partial charge in [0, 0.05) is 45.2 Å². The molecule has 0 aromatic carbocycles. The van der Waals surface area contributed by atoms with Crippen LogP contribution in [0.25, 0.3) is 0 Å². The van der Waals surface area contributed by atoms with E-state index in [1.165, 1.54) is 4.68 Å². The van der Waals surface area contributed by atoms with Crippen molar-refractivity contribution in [2.24, 2.45) is 11.8 Å². The minimum atomic E-state index is -2.48. The van der Waals surface area contributed by atoms with E-state index in [0.717, 1.165) is 12.8 Å². The summed E-state index contributed by atoms with van der Waals surface area (Å²) in [4.78, 5) is 28.1. The zero-order valence-electron chi connectivity index (χ0n) is 16.3. The van der Waals surface area contributed by atoms with Gasteiger partial charge in [-0.25, -0.2) is 13.5 Å². The summed E-state index contributed by atoms with van der Waals surface area (Å²) in [6.45, 7) is 3.48. The van der Waals surface area contributed by atoms with Crippen LogP contribution >= 0.6 is 0 Å². The van der Waals surface area contributed by atoms with Crippen molar-refractivity contribution in [3.63, 3.8) is 0 Å². The fraction of sp³-hybridized carbons (Fsp3) is 0.737. The number of halogens is 2. The Bertz CT molecular complexity index is 768. The second-order valence-corrected chi connectivity index (χ2v) is 8.37. The predicted molar refractivity (Wildman–Crippen MR) is 99.1 cm³/mol. The van der Waals surface area contributed by atoms with Crippen molar-refractivity contribution in [2.75, 3.05) is 32.0 Å². The summed E-state index contributed by atoms with van der Waals surface area (Å²) in [7, 11) is 1.72. The highest BCUT2D eigenvalue weighted by Crippen LogP contribution is 2.36. The van der Waals surface area contributed by atoms with E-state index in [4.69, 9.17) is 0 Å². The molecule has 1 aromatic heterocycles. The number of amides is 2. The molecule has 1 aromatic rings. The molecule has 1 N–H and O–H groups in total. The first-order valence-electron chi connectivity index (χ1n) is 9.97. The molecular weight excluding hydrogens is 368 g/mol. The molecule has 4 atom stereocenters. The number of nitrogens with one attached hydrogen (secondary N) is 1. The van der Waals surface area contributed by atoms with Gasteiger partial charge in [-0.3, -0.25) is 9.59 Å². The third kappa shape index (κ3) is 3.46. The standard InChI is InChI=1S/C19H27F2N5O2/c1-11-6-16-22-14(8-15(18(20)21)26(16)23-11)12-4-3-5-25(10-12)19(28)13-7-17(27)24(2)9-13/h6,12-15,18,22H,3-5,7-10H2,1-2H3/t12-,13-,14+,15-/m1/s1. The van der Waals surface area contributed by atoms with E-state index in [1.54, 1.807) is 24.9 Å². The number of piperidine rings is 1. The van der Waals surface area contributed by atoms with E-state index in [1.807, 2.05) is 4.90 Å².